The maximum atomic E-state index is 13.6. The van der Waals surface area contributed by atoms with Gasteiger partial charge in [-0.3, -0.25) is 0 Å². The summed E-state index contributed by atoms with van der Waals surface area (Å²) in [5.41, 5.74) is 0.553. The Morgan fingerprint density at radius 1 is 1.16 bits per heavy atom. The number of aromatic nitrogens is 1. The van der Waals surface area contributed by atoms with Gasteiger partial charge in [0.25, 0.3) is 16.4 Å². The van der Waals surface area contributed by atoms with Crippen LogP contribution in [0.1, 0.15) is 18.9 Å². The molecule has 2 aromatic carbocycles. The van der Waals surface area contributed by atoms with Crippen LogP contribution in [-0.4, -0.2) is 45.2 Å². The number of ether oxygens (including phenoxy) is 1. The topological polar surface area (TPSA) is 63.6 Å². The summed E-state index contributed by atoms with van der Waals surface area (Å²) in [6.07, 6.45) is -1.78. The second kappa shape index (κ2) is 8.76. The number of hydrogen-bond acceptors (Lipinski definition) is 5. The van der Waals surface area contributed by atoms with Crippen LogP contribution in [0, 0.1) is 0 Å². The highest BCUT2D eigenvalue weighted by Crippen LogP contribution is 2.36. The molecule has 1 N–H and O–H groups in total. The van der Waals surface area contributed by atoms with Crippen LogP contribution in [0.4, 0.5) is 14.5 Å². The fourth-order valence-corrected chi connectivity index (χ4v) is 5.51. The Morgan fingerprint density at radius 2 is 1.90 bits per heavy atom. The molecule has 0 unspecified atom stereocenters. The summed E-state index contributed by atoms with van der Waals surface area (Å²) in [6.45, 7) is 5.27. The van der Waals surface area contributed by atoms with Crippen LogP contribution in [0.5, 0.6) is 5.75 Å². The van der Waals surface area contributed by atoms with Gasteiger partial charge >= 0.3 is 0 Å². The smallest absolute Gasteiger partial charge is 0.268 e. The van der Waals surface area contributed by atoms with Gasteiger partial charge in [0.1, 0.15) is 5.75 Å². The highest BCUT2D eigenvalue weighted by Gasteiger charge is 2.26. The van der Waals surface area contributed by atoms with E-state index in [4.69, 9.17) is 4.74 Å². The fraction of sp³-hybridized carbons (Fsp3) is 0.333. The normalized spacial score (nSPS) is 15.1. The van der Waals surface area contributed by atoms with Gasteiger partial charge in [-0.1, -0.05) is 22.0 Å². The molecule has 0 radical (unpaired) electrons. The number of halogens is 3. The van der Waals surface area contributed by atoms with Crippen LogP contribution in [-0.2, 0) is 10.0 Å². The minimum atomic E-state index is -4.12. The van der Waals surface area contributed by atoms with E-state index in [-0.39, 0.29) is 21.4 Å². The predicted octanol–water partition coefficient (Wildman–Crippen LogP) is 4.39. The van der Waals surface area contributed by atoms with E-state index >= 15 is 0 Å². The zero-order valence-corrected chi connectivity index (χ0v) is 19.2. The second-order valence-corrected chi connectivity index (χ2v) is 9.88. The Kier molecular flexibility index (Phi) is 6.23. The summed E-state index contributed by atoms with van der Waals surface area (Å²) < 4.78 is 61.5. The predicted molar refractivity (Wildman–Crippen MR) is 120 cm³/mol. The van der Waals surface area contributed by atoms with E-state index in [0.717, 1.165) is 23.3 Å². The van der Waals surface area contributed by atoms with Crippen LogP contribution < -0.4 is 15.0 Å². The van der Waals surface area contributed by atoms with Crippen molar-refractivity contribution in [2.24, 2.45) is 0 Å². The maximum absolute atomic E-state index is 13.6. The number of fused-ring (bicyclic) bond motifs is 1. The number of piperazine rings is 1. The standard InChI is InChI=1S/C21H22BrF2N3O3S/c1-2-30-20-6-4-15(12-19(20)26-9-7-25-8-10-26)31(28,29)27-13-17(21(23)24)16-5-3-14(22)11-18(16)27/h3-6,11-13,21,25H,2,7-10H2,1H3. The van der Waals surface area contributed by atoms with E-state index in [0.29, 0.717) is 35.6 Å². The lowest BCUT2D eigenvalue weighted by atomic mass is 10.2. The van der Waals surface area contributed by atoms with Crippen molar-refractivity contribution in [2.45, 2.75) is 18.2 Å². The zero-order chi connectivity index (χ0) is 22.2. The molecule has 0 saturated carbocycles. The third-order valence-electron chi connectivity index (χ3n) is 5.24. The molecule has 2 heterocycles. The quantitative estimate of drug-likeness (QED) is 0.529. The number of anilines is 1. The van der Waals surface area contributed by atoms with Gasteiger partial charge in [-0.15, -0.1) is 0 Å². The Labute approximate surface area is 188 Å². The van der Waals surface area contributed by atoms with Crippen molar-refractivity contribution in [2.75, 3.05) is 37.7 Å². The Morgan fingerprint density at radius 3 is 2.58 bits per heavy atom. The van der Waals surface area contributed by atoms with Gasteiger partial charge in [0, 0.05) is 47.8 Å². The first-order chi connectivity index (χ1) is 14.8. The molecule has 10 heteroatoms. The molecule has 1 aliphatic rings. The van der Waals surface area contributed by atoms with Gasteiger partial charge in [0.05, 0.1) is 22.7 Å². The third-order valence-corrected chi connectivity index (χ3v) is 7.41. The molecule has 0 atom stereocenters. The number of benzene rings is 2. The summed E-state index contributed by atoms with van der Waals surface area (Å²) >= 11 is 3.30. The van der Waals surface area contributed by atoms with Crippen LogP contribution in [0.3, 0.4) is 0 Å². The summed E-state index contributed by atoms with van der Waals surface area (Å²) in [5.74, 6) is 0.594. The molecule has 0 spiro atoms. The summed E-state index contributed by atoms with van der Waals surface area (Å²) in [7, 11) is -4.12. The van der Waals surface area contributed by atoms with E-state index in [1.165, 1.54) is 18.2 Å². The van der Waals surface area contributed by atoms with Crippen molar-refractivity contribution in [1.82, 2.24) is 9.29 Å². The number of hydrogen-bond donors (Lipinski definition) is 1. The van der Waals surface area contributed by atoms with Crippen LogP contribution in [0.2, 0.25) is 0 Å². The van der Waals surface area contributed by atoms with E-state index in [1.807, 2.05) is 6.92 Å². The van der Waals surface area contributed by atoms with Gasteiger partial charge in [-0.25, -0.2) is 21.2 Å². The van der Waals surface area contributed by atoms with Crippen molar-refractivity contribution in [3.8, 4) is 5.75 Å². The molecule has 1 saturated heterocycles. The molecule has 0 bridgehead atoms. The lowest BCUT2D eigenvalue weighted by molar-refractivity contribution is 0.153. The van der Waals surface area contributed by atoms with E-state index in [9.17, 15) is 17.2 Å². The minimum absolute atomic E-state index is 0.0159. The molecular formula is C21H22BrF2N3O3S. The Bertz CT molecular complexity index is 1210. The first kappa shape index (κ1) is 22.0. The molecule has 4 rings (SSSR count). The molecule has 3 aromatic rings. The fourth-order valence-electron chi connectivity index (χ4n) is 3.77. The Hall–Kier alpha value is -2.17. The number of rotatable bonds is 6. The zero-order valence-electron chi connectivity index (χ0n) is 16.8. The Balaban J connectivity index is 1.87. The molecule has 166 valence electrons. The molecule has 6 nitrogen and oxygen atoms in total. The minimum Gasteiger partial charge on any atom is -0.492 e. The monoisotopic (exact) mass is 513 g/mol. The molecule has 1 aliphatic heterocycles. The van der Waals surface area contributed by atoms with Gasteiger partial charge < -0.3 is 15.0 Å². The molecule has 0 amide bonds. The van der Waals surface area contributed by atoms with Crippen molar-refractivity contribution >= 4 is 42.5 Å². The first-order valence-corrected chi connectivity index (χ1v) is 12.1. The SMILES string of the molecule is CCOc1ccc(S(=O)(=O)n2cc(C(F)F)c3ccc(Br)cc32)cc1N1CCNCC1. The molecule has 1 fully saturated rings. The van der Waals surface area contributed by atoms with Gasteiger partial charge in [-0.2, -0.15) is 0 Å². The third kappa shape index (κ3) is 4.16. The number of nitrogens with zero attached hydrogens (tertiary/aromatic N) is 2. The van der Waals surface area contributed by atoms with Crippen LogP contribution in [0.25, 0.3) is 10.9 Å². The average molecular weight is 514 g/mol. The van der Waals surface area contributed by atoms with Gasteiger partial charge in [0.15, 0.2) is 0 Å². The van der Waals surface area contributed by atoms with Crippen LogP contribution in [0.15, 0.2) is 52.0 Å². The summed E-state index contributed by atoms with van der Waals surface area (Å²) in [4.78, 5) is 2.08. The van der Waals surface area contributed by atoms with E-state index < -0.39 is 16.4 Å². The van der Waals surface area contributed by atoms with Crippen molar-refractivity contribution < 1.29 is 21.9 Å². The largest absolute Gasteiger partial charge is 0.492 e. The molecule has 31 heavy (non-hydrogen) atoms. The van der Waals surface area contributed by atoms with Crippen molar-refractivity contribution in [3.63, 3.8) is 0 Å². The van der Waals surface area contributed by atoms with Crippen molar-refractivity contribution in [3.05, 3.63) is 52.6 Å². The molecular weight excluding hydrogens is 492 g/mol. The lowest BCUT2D eigenvalue weighted by Crippen LogP contribution is -2.43. The maximum Gasteiger partial charge on any atom is 0.268 e. The van der Waals surface area contributed by atoms with Gasteiger partial charge in [0.2, 0.25) is 0 Å². The van der Waals surface area contributed by atoms with E-state index in [1.54, 1.807) is 18.2 Å². The van der Waals surface area contributed by atoms with Crippen LogP contribution >= 0.6 is 15.9 Å². The highest BCUT2D eigenvalue weighted by molar-refractivity contribution is 9.10. The van der Waals surface area contributed by atoms with Gasteiger partial charge in [-0.05, 0) is 37.3 Å². The average Bonchev–Trinajstić information content (AvgIpc) is 3.14. The number of nitrogens with one attached hydrogen (secondary N) is 1. The molecule has 1 aromatic heterocycles. The highest BCUT2D eigenvalue weighted by atomic mass is 79.9. The first-order valence-electron chi connectivity index (χ1n) is 9.89. The van der Waals surface area contributed by atoms with Crippen molar-refractivity contribution in [1.29, 1.82) is 0 Å². The molecule has 0 aliphatic carbocycles. The summed E-state index contributed by atoms with van der Waals surface area (Å²) in [6, 6.07) is 9.30. The number of alkyl halides is 2. The lowest BCUT2D eigenvalue weighted by Gasteiger charge is -2.31. The summed E-state index contributed by atoms with van der Waals surface area (Å²) in [5, 5.41) is 3.47. The second-order valence-electron chi connectivity index (χ2n) is 7.15. The van der Waals surface area contributed by atoms with E-state index in [2.05, 4.69) is 26.1 Å².